The number of hydrogen-bond acceptors (Lipinski definition) is 2. The maximum atomic E-state index is 12.5. The maximum Gasteiger partial charge on any atom is 0.166 e. The van der Waals surface area contributed by atoms with E-state index in [4.69, 9.17) is 11.6 Å². The molecule has 0 unspecified atom stereocenters. The van der Waals surface area contributed by atoms with Gasteiger partial charge in [-0.1, -0.05) is 48.5 Å². The molecule has 0 heterocycles. The molecule has 0 spiro atoms. The lowest BCUT2D eigenvalue weighted by Gasteiger charge is -2.09. The van der Waals surface area contributed by atoms with Gasteiger partial charge in [-0.15, -0.1) is 11.6 Å². The lowest BCUT2D eigenvalue weighted by Crippen LogP contribution is -2.10. The Bertz CT molecular complexity index is 1000. The number of fused-ring (bicyclic) bond motifs is 3. The largest absolute Gasteiger partial charge is 0.294 e. The van der Waals surface area contributed by atoms with Crippen molar-refractivity contribution in [2.75, 3.05) is 5.88 Å². The molecular formula is C23H21ClO2. The molecule has 0 saturated heterocycles. The first kappa shape index (κ1) is 18.3. The zero-order valence-corrected chi connectivity index (χ0v) is 15.6. The number of benzene rings is 3. The number of halogens is 1. The molecule has 0 amide bonds. The number of hydrogen-bond donors (Lipinski definition) is 0. The molecule has 3 heteroatoms. The van der Waals surface area contributed by atoms with Crippen LogP contribution in [0, 0.1) is 0 Å². The molecule has 0 aromatic heterocycles. The second-order valence-corrected chi connectivity index (χ2v) is 6.79. The number of allylic oxidation sites excluding steroid dienone is 1. The summed E-state index contributed by atoms with van der Waals surface area (Å²) >= 11 is 5.68. The fourth-order valence-electron chi connectivity index (χ4n) is 3.25. The van der Waals surface area contributed by atoms with Crippen molar-refractivity contribution < 1.29 is 9.59 Å². The zero-order chi connectivity index (χ0) is 18.5. The minimum Gasteiger partial charge on any atom is -0.294 e. The third-order valence-corrected chi connectivity index (χ3v) is 4.83. The van der Waals surface area contributed by atoms with E-state index in [-0.39, 0.29) is 17.1 Å². The van der Waals surface area contributed by atoms with Crippen LogP contribution in [0.2, 0.25) is 0 Å². The number of ketones is 2. The smallest absolute Gasteiger partial charge is 0.166 e. The molecule has 26 heavy (non-hydrogen) atoms. The normalized spacial score (nSPS) is 11.8. The monoisotopic (exact) mass is 364 g/mol. The molecule has 0 saturated carbocycles. The van der Waals surface area contributed by atoms with E-state index < -0.39 is 0 Å². The third kappa shape index (κ3) is 3.86. The molecule has 132 valence electrons. The molecule has 3 aromatic carbocycles. The first-order valence-corrected chi connectivity index (χ1v) is 9.37. The number of unbranched alkanes of at least 4 members (excludes halogenated alkanes) is 1. The predicted molar refractivity (Wildman–Crippen MR) is 110 cm³/mol. The number of rotatable bonds is 7. The van der Waals surface area contributed by atoms with Gasteiger partial charge in [0.05, 0.1) is 5.57 Å². The Balaban J connectivity index is 2.13. The predicted octanol–water partition coefficient (Wildman–Crippen LogP) is 5.94. The van der Waals surface area contributed by atoms with E-state index in [2.05, 4.69) is 18.2 Å². The van der Waals surface area contributed by atoms with Crippen LogP contribution in [0.4, 0.5) is 0 Å². The van der Waals surface area contributed by atoms with Crippen molar-refractivity contribution in [2.24, 2.45) is 0 Å². The van der Waals surface area contributed by atoms with Gasteiger partial charge < -0.3 is 0 Å². The highest BCUT2D eigenvalue weighted by molar-refractivity contribution is 6.24. The van der Waals surface area contributed by atoms with Crippen molar-refractivity contribution in [3.8, 4) is 0 Å². The maximum absolute atomic E-state index is 12.5. The molecule has 0 aliphatic heterocycles. The summed E-state index contributed by atoms with van der Waals surface area (Å²) in [6, 6.07) is 18.3. The zero-order valence-electron chi connectivity index (χ0n) is 14.8. The topological polar surface area (TPSA) is 34.1 Å². The van der Waals surface area contributed by atoms with Gasteiger partial charge in [-0.3, -0.25) is 9.59 Å². The summed E-state index contributed by atoms with van der Waals surface area (Å²) < 4.78 is 0. The van der Waals surface area contributed by atoms with Crippen LogP contribution >= 0.6 is 11.6 Å². The summed E-state index contributed by atoms with van der Waals surface area (Å²) in [6.07, 6.45) is 3.58. The summed E-state index contributed by atoms with van der Waals surface area (Å²) in [5.74, 6) is 0.222. The second-order valence-electron chi connectivity index (χ2n) is 6.42. The van der Waals surface area contributed by atoms with Crippen LogP contribution in [0.5, 0.6) is 0 Å². The summed E-state index contributed by atoms with van der Waals surface area (Å²) in [7, 11) is 0. The molecular weight excluding hydrogens is 344 g/mol. The Morgan fingerprint density at radius 2 is 1.58 bits per heavy atom. The molecule has 0 aliphatic rings. The molecule has 3 aromatic rings. The summed E-state index contributed by atoms with van der Waals surface area (Å²) in [5, 5.41) is 4.42. The Hall–Kier alpha value is -2.45. The minimum atomic E-state index is -0.196. The van der Waals surface area contributed by atoms with E-state index >= 15 is 0 Å². The van der Waals surface area contributed by atoms with E-state index in [1.807, 2.05) is 36.4 Å². The van der Waals surface area contributed by atoms with Gasteiger partial charge in [-0.25, -0.2) is 0 Å². The van der Waals surface area contributed by atoms with Gasteiger partial charge in [0.1, 0.15) is 0 Å². The van der Waals surface area contributed by atoms with E-state index in [1.165, 1.54) is 6.92 Å². The lowest BCUT2D eigenvalue weighted by atomic mass is 9.94. The van der Waals surface area contributed by atoms with Gasteiger partial charge in [0.15, 0.2) is 11.6 Å². The fraction of sp³-hybridized carbons (Fsp3) is 0.217. The third-order valence-electron chi connectivity index (χ3n) is 4.57. The van der Waals surface area contributed by atoms with Gasteiger partial charge in [0.2, 0.25) is 0 Å². The van der Waals surface area contributed by atoms with Crippen molar-refractivity contribution in [1.29, 1.82) is 0 Å². The number of alkyl halides is 1. The van der Waals surface area contributed by atoms with Crippen molar-refractivity contribution in [3.63, 3.8) is 0 Å². The Labute approximate surface area is 158 Å². The van der Waals surface area contributed by atoms with Gasteiger partial charge in [0, 0.05) is 12.3 Å². The summed E-state index contributed by atoms with van der Waals surface area (Å²) in [5.41, 5.74) is 1.16. The number of carbonyl (C=O) groups excluding carboxylic acids is 2. The van der Waals surface area contributed by atoms with Crippen LogP contribution in [0.1, 0.15) is 31.7 Å². The average Bonchev–Trinajstić information content (AvgIpc) is 2.65. The van der Waals surface area contributed by atoms with Gasteiger partial charge in [-0.2, -0.15) is 0 Å². The van der Waals surface area contributed by atoms with Crippen LogP contribution in [-0.2, 0) is 9.59 Å². The lowest BCUT2D eigenvalue weighted by molar-refractivity contribution is -0.120. The first-order chi connectivity index (χ1) is 12.6. The highest BCUT2D eigenvalue weighted by Gasteiger charge is 2.15. The van der Waals surface area contributed by atoms with Crippen LogP contribution in [0.15, 0.2) is 60.2 Å². The molecule has 0 fully saturated rings. The summed E-state index contributed by atoms with van der Waals surface area (Å²) in [4.78, 5) is 24.6. The number of carbonyl (C=O) groups is 2. The van der Waals surface area contributed by atoms with E-state index in [0.29, 0.717) is 18.7 Å². The fourth-order valence-corrected chi connectivity index (χ4v) is 3.44. The first-order valence-electron chi connectivity index (χ1n) is 8.84. The van der Waals surface area contributed by atoms with Crippen molar-refractivity contribution in [2.45, 2.75) is 26.2 Å². The standard InChI is InChI=1S/C23H21ClO2/c1-16(25)22(23(26)12-6-7-13-24)15-18-14-17-8-2-3-9-19(17)21-11-5-4-10-20(18)21/h2-5,8-11,14-15H,6-7,12-13H2,1H3/b22-15+. The second kappa shape index (κ2) is 8.29. The van der Waals surface area contributed by atoms with Crippen molar-refractivity contribution >= 4 is 50.8 Å². The highest BCUT2D eigenvalue weighted by atomic mass is 35.5. The van der Waals surface area contributed by atoms with Crippen LogP contribution < -0.4 is 0 Å². The number of Topliss-reactive ketones (excluding diaryl/α,β-unsaturated/α-hetero) is 2. The van der Waals surface area contributed by atoms with Crippen LogP contribution in [0.25, 0.3) is 27.6 Å². The van der Waals surface area contributed by atoms with E-state index in [9.17, 15) is 9.59 Å². The van der Waals surface area contributed by atoms with Gasteiger partial charge in [0.25, 0.3) is 0 Å². The van der Waals surface area contributed by atoms with Crippen LogP contribution in [-0.4, -0.2) is 17.4 Å². The Morgan fingerprint density at radius 3 is 2.27 bits per heavy atom. The van der Waals surface area contributed by atoms with Crippen LogP contribution in [0.3, 0.4) is 0 Å². The molecule has 2 nitrogen and oxygen atoms in total. The van der Waals surface area contributed by atoms with Crippen molar-refractivity contribution in [3.05, 3.63) is 65.7 Å². The minimum absolute atomic E-state index is 0.111. The molecule has 0 bridgehead atoms. The van der Waals surface area contributed by atoms with E-state index in [1.54, 1.807) is 6.08 Å². The van der Waals surface area contributed by atoms with E-state index in [0.717, 1.165) is 33.5 Å². The Morgan fingerprint density at radius 1 is 0.923 bits per heavy atom. The summed E-state index contributed by atoms with van der Waals surface area (Å²) in [6.45, 7) is 1.45. The highest BCUT2D eigenvalue weighted by Crippen LogP contribution is 2.30. The Kier molecular flexibility index (Phi) is 5.85. The molecule has 0 aliphatic carbocycles. The van der Waals surface area contributed by atoms with Crippen molar-refractivity contribution in [1.82, 2.24) is 0 Å². The van der Waals surface area contributed by atoms with Gasteiger partial charge in [-0.05, 0) is 59.0 Å². The average molecular weight is 365 g/mol. The molecule has 0 N–H and O–H groups in total. The van der Waals surface area contributed by atoms with Gasteiger partial charge >= 0.3 is 0 Å². The molecule has 0 radical (unpaired) electrons. The molecule has 3 rings (SSSR count). The molecule has 0 atom stereocenters. The SMILES string of the molecule is CC(=O)/C(=C\c1cc2ccccc2c2ccccc12)C(=O)CCCCCl. The quantitative estimate of drug-likeness (QED) is 0.130.